The fraction of sp³-hybridized carbons (Fsp3) is 0.417. The molecule has 2 atom stereocenters. The van der Waals surface area contributed by atoms with Crippen LogP contribution in [-0.2, 0) is 12.8 Å². The van der Waals surface area contributed by atoms with Gasteiger partial charge in [0.2, 0.25) is 0 Å². The van der Waals surface area contributed by atoms with Gasteiger partial charge in [0, 0.05) is 16.6 Å². The van der Waals surface area contributed by atoms with Crippen molar-refractivity contribution >= 4 is 11.8 Å². The zero-order valence-corrected chi connectivity index (χ0v) is 16.4. The summed E-state index contributed by atoms with van der Waals surface area (Å²) in [5.74, 6) is 2.32. The second kappa shape index (κ2) is 8.76. The standard InChI is InChI=1S/C24H30S/c1-4-7-18-10-13-20(14-11-18)23-17-25-24-16-19(8-5-2)12-15-22(24)21(23)9-6-3/h6,10-16,21,23H,3-5,7-9,17H2,1-2H3. The molecular weight excluding hydrogens is 320 g/mol. The van der Waals surface area contributed by atoms with Gasteiger partial charge in [0.15, 0.2) is 0 Å². The molecule has 0 bridgehead atoms. The molecule has 0 saturated heterocycles. The first-order chi connectivity index (χ1) is 12.3. The summed E-state index contributed by atoms with van der Waals surface area (Å²) in [4.78, 5) is 1.50. The predicted octanol–water partition coefficient (Wildman–Crippen LogP) is 7.14. The van der Waals surface area contributed by atoms with Crippen LogP contribution in [0.1, 0.15) is 67.2 Å². The molecule has 2 aromatic rings. The zero-order valence-electron chi connectivity index (χ0n) is 15.6. The van der Waals surface area contributed by atoms with Gasteiger partial charge < -0.3 is 0 Å². The van der Waals surface area contributed by atoms with Crippen LogP contribution in [-0.4, -0.2) is 5.75 Å². The normalized spacial score (nSPS) is 19.4. The molecule has 2 aromatic carbocycles. The fourth-order valence-corrected chi connectivity index (χ4v) is 5.39. The van der Waals surface area contributed by atoms with Crippen molar-refractivity contribution in [2.75, 3.05) is 5.75 Å². The number of hydrogen-bond acceptors (Lipinski definition) is 1. The number of hydrogen-bond donors (Lipinski definition) is 0. The van der Waals surface area contributed by atoms with Crippen molar-refractivity contribution in [2.45, 2.75) is 62.7 Å². The summed E-state index contributed by atoms with van der Waals surface area (Å²) in [5.41, 5.74) is 5.95. The number of thioether (sulfide) groups is 1. The van der Waals surface area contributed by atoms with Gasteiger partial charge in [0.05, 0.1) is 0 Å². The molecule has 1 aliphatic rings. The Labute approximate surface area is 157 Å². The second-order valence-electron chi connectivity index (χ2n) is 7.16. The number of rotatable bonds is 7. The van der Waals surface area contributed by atoms with E-state index in [2.05, 4.69) is 69.0 Å². The third-order valence-corrected chi connectivity index (χ3v) is 6.48. The van der Waals surface area contributed by atoms with Crippen molar-refractivity contribution in [2.24, 2.45) is 0 Å². The number of fused-ring (bicyclic) bond motifs is 1. The molecule has 0 spiro atoms. The topological polar surface area (TPSA) is 0 Å². The summed E-state index contributed by atoms with van der Waals surface area (Å²) in [6, 6.07) is 16.5. The third kappa shape index (κ3) is 4.20. The Morgan fingerprint density at radius 1 is 1.00 bits per heavy atom. The first kappa shape index (κ1) is 18.3. The minimum absolute atomic E-state index is 0.557. The molecule has 132 valence electrons. The molecule has 2 unspecified atom stereocenters. The van der Waals surface area contributed by atoms with Gasteiger partial charge in [-0.2, -0.15) is 0 Å². The molecule has 25 heavy (non-hydrogen) atoms. The van der Waals surface area contributed by atoms with E-state index in [1.165, 1.54) is 58.6 Å². The third-order valence-electron chi connectivity index (χ3n) is 5.29. The van der Waals surface area contributed by atoms with Crippen LogP contribution in [0.25, 0.3) is 0 Å². The minimum atomic E-state index is 0.557. The van der Waals surface area contributed by atoms with E-state index in [0.717, 1.165) is 6.42 Å². The Morgan fingerprint density at radius 3 is 2.36 bits per heavy atom. The van der Waals surface area contributed by atoms with Crippen molar-refractivity contribution in [3.8, 4) is 0 Å². The van der Waals surface area contributed by atoms with Crippen LogP contribution in [0.15, 0.2) is 60.0 Å². The fourth-order valence-electron chi connectivity index (χ4n) is 3.99. The van der Waals surface area contributed by atoms with E-state index in [1.54, 1.807) is 0 Å². The lowest BCUT2D eigenvalue weighted by Gasteiger charge is -2.33. The number of allylic oxidation sites excluding steroid dienone is 1. The van der Waals surface area contributed by atoms with Gasteiger partial charge in [0.25, 0.3) is 0 Å². The summed E-state index contributed by atoms with van der Waals surface area (Å²) in [6.07, 6.45) is 7.95. The molecule has 3 rings (SSSR count). The molecule has 0 nitrogen and oxygen atoms in total. The number of benzene rings is 2. The zero-order chi connectivity index (χ0) is 17.6. The Kier molecular flexibility index (Phi) is 6.42. The van der Waals surface area contributed by atoms with Gasteiger partial charge in [0.1, 0.15) is 0 Å². The van der Waals surface area contributed by atoms with Crippen LogP contribution in [0.3, 0.4) is 0 Å². The van der Waals surface area contributed by atoms with Gasteiger partial charge in [-0.15, -0.1) is 18.3 Å². The molecule has 0 N–H and O–H groups in total. The van der Waals surface area contributed by atoms with E-state index in [0.29, 0.717) is 11.8 Å². The van der Waals surface area contributed by atoms with Crippen molar-refractivity contribution in [3.63, 3.8) is 0 Å². The van der Waals surface area contributed by atoms with Crippen LogP contribution < -0.4 is 0 Å². The van der Waals surface area contributed by atoms with Gasteiger partial charge in [-0.3, -0.25) is 0 Å². The molecule has 0 saturated carbocycles. The molecular formula is C24H30S. The first-order valence-electron chi connectivity index (χ1n) is 9.72. The van der Waals surface area contributed by atoms with E-state index >= 15 is 0 Å². The Morgan fingerprint density at radius 2 is 1.68 bits per heavy atom. The molecule has 1 heterocycles. The Bertz CT molecular complexity index is 699. The molecule has 1 aliphatic heterocycles. The predicted molar refractivity (Wildman–Crippen MR) is 112 cm³/mol. The average Bonchev–Trinajstić information content (AvgIpc) is 2.63. The van der Waals surface area contributed by atoms with Crippen LogP contribution in [0.2, 0.25) is 0 Å². The highest BCUT2D eigenvalue weighted by molar-refractivity contribution is 7.99. The summed E-state index contributed by atoms with van der Waals surface area (Å²) in [7, 11) is 0. The molecule has 1 heteroatoms. The second-order valence-corrected chi connectivity index (χ2v) is 8.22. The van der Waals surface area contributed by atoms with Crippen molar-refractivity contribution < 1.29 is 0 Å². The van der Waals surface area contributed by atoms with Crippen molar-refractivity contribution in [3.05, 3.63) is 77.4 Å². The summed E-state index contributed by atoms with van der Waals surface area (Å²) >= 11 is 2.04. The van der Waals surface area contributed by atoms with E-state index in [9.17, 15) is 0 Å². The van der Waals surface area contributed by atoms with E-state index in [-0.39, 0.29) is 0 Å². The molecule has 0 amide bonds. The Hall–Kier alpha value is -1.47. The molecule has 0 aliphatic carbocycles. The number of aryl methyl sites for hydroxylation is 2. The van der Waals surface area contributed by atoms with Gasteiger partial charge >= 0.3 is 0 Å². The maximum atomic E-state index is 4.03. The van der Waals surface area contributed by atoms with Gasteiger partial charge in [-0.1, -0.05) is 69.2 Å². The van der Waals surface area contributed by atoms with Crippen LogP contribution in [0, 0.1) is 0 Å². The molecule has 0 fully saturated rings. The van der Waals surface area contributed by atoms with E-state index in [1.807, 2.05) is 11.8 Å². The SMILES string of the molecule is C=CCC1c2ccc(CCC)cc2SCC1c1ccc(CCC)cc1. The maximum absolute atomic E-state index is 4.03. The summed E-state index contributed by atoms with van der Waals surface area (Å²) in [6.45, 7) is 8.54. The highest BCUT2D eigenvalue weighted by Crippen LogP contribution is 2.47. The van der Waals surface area contributed by atoms with Crippen LogP contribution in [0.4, 0.5) is 0 Å². The minimum Gasteiger partial charge on any atom is -0.125 e. The summed E-state index contributed by atoms with van der Waals surface area (Å²) in [5, 5.41) is 0. The quantitative estimate of drug-likeness (QED) is 0.478. The lowest BCUT2D eigenvalue weighted by atomic mass is 9.79. The highest BCUT2D eigenvalue weighted by atomic mass is 32.2. The van der Waals surface area contributed by atoms with Gasteiger partial charge in [-0.25, -0.2) is 0 Å². The van der Waals surface area contributed by atoms with Crippen molar-refractivity contribution in [1.29, 1.82) is 0 Å². The van der Waals surface area contributed by atoms with Crippen molar-refractivity contribution in [1.82, 2.24) is 0 Å². The highest BCUT2D eigenvalue weighted by Gasteiger charge is 2.30. The van der Waals surface area contributed by atoms with E-state index < -0.39 is 0 Å². The van der Waals surface area contributed by atoms with Crippen LogP contribution >= 0.6 is 11.8 Å². The van der Waals surface area contributed by atoms with Crippen LogP contribution in [0.5, 0.6) is 0 Å². The monoisotopic (exact) mass is 350 g/mol. The summed E-state index contributed by atoms with van der Waals surface area (Å²) < 4.78 is 0. The largest absolute Gasteiger partial charge is 0.125 e. The van der Waals surface area contributed by atoms with E-state index in [4.69, 9.17) is 0 Å². The average molecular weight is 351 g/mol. The smallest absolute Gasteiger partial charge is 0.0110 e. The lowest BCUT2D eigenvalue weighted by Crippen LogP contribution is -2.18. The first-order valence-corrected chi connectivity index (χ1v) is 10.7. The van der Waals surface area contributed by atoms with Gasteiger partial charge in [-0.05, 0) is 53.5 Å². The Balaban J connectivity index is 1.89. The maximum Gasteiger partial charge on any atom is 0.0110 e. The lowest BCUT2D eigenvalue weighted by molar-refractivity contribution is 0.571. The molecule has 0 aromatic heterocycles. The molecule has 0 radical (unpaired) electrons.